The van der Waals surface area contributed by atoms with Gasteiger partial charge in [0.15, 0.2) is 0 Å². The number of hydrogen-bond acceptors (Lipinski definition) is 1. The predicted octanol–water partition coefficient (Wildman–Crippen LogP) is 4.58. The molecule has 2 nitrogen and oxygen atoms in total. The molecule has 96 valence electrons. The van der Waals surface area contributed by atoms with Crippen molar-refractivity contribution in [1.29, 1.82) is 0 Å². The van der Waals surface area contributed by atoms with E-state index < -0.39 is 0 Å². The molecule has 0 fully saturated rings. The molecule has 0 aliphatic heterocycles. The van der Waals surface area contributed by atoms with E-state index in [0.717, 1.165) is 17.6 Å². The maximum atomic E-state index is 3.55. The van der Waals surface area contributed by atoms with Crippen LogP contribution >= 0.6 is 15.9 Å². The number of halogens is 1. The van der Waals surface area contributed by atoms with Crippen molar-refractivity contribution in [2.45, 2.75) is 33.4 Å². The topological polar surface area (TPSA) is 17.0 Å². The first-order valence-electron chi connectivity index (χ1n) is 6.34. The molecule has 0 bridgehead atoms. The van der Waals surface area contributed by atoms with Crippen LogP contribution in [0.4, 0.5) is 5.69 Å². The fraction of sp³-hybridized carbons (Fsp3) is 0.333. The van der Waals surface area contributed by atoms with E-state index in [0.29, 0.717) is 0 Å². The van der Waals surface area contributed by atoms with Crippen molar-refractivity contribution in [2.75, 3.05) is 5.32 Å². The zero-order chi connectivity index (χ0) is 13.0. The first-order chi connectivity index (χ1) is 8.70. The highest BCUT2D eigenvalue weighted by atomic mass is 79.9. The highest BCUT2D eigenvalue weighted by Crippen LogP contribution is 2.23. The first-order valence-corrected chi connectivity index (χ1v) is 7.13. The number of hydrogen-bond donors (Lipinski definition) is 1. The number of rotatable bonds is 5. The summed E-state index contributed by atoms with van der Waals surface area (Å²) in [5.41, 5.74) is 3.76. The zero-order valence-corrected chi connectivity index (χ0v) is 12.5. The van der Waals surface area contributed by atoms with Crippen LogP contribution in [-0.2, 0) is 13.1 Å². The maximum absolute atomic E-state index is 3.55. The molecule has 0 aliphatic rings. The van der Waals surface area contributed by atoms with Crippen molar-refractivity contribution >= 4 is 21.6 Å². The lowest BCUT2D eigenvalue weighted by Crippen LogP contribution is -2.00. The lowest BCUT2D eigenvalue weighted by atomic mass is 10.2. The Bertz CT molecular complexity index is 517. The van der Waals surface area contributed by atoms with Gasteiger partial charge in [0.1, 0.15) is 0 Å². The minimum atomic E-state index is 0.869. The van der Waals surface area contributed by atoms with Gasteiger partial charge >= 0.3 is 0 Å². The van der Waals surface area contributed by atoms with E-state index in [1.54, 1.807) is 0 Å². The summed E-state index contributed by atoms with van der Waals surface area (Å²) in [7, 11) is 0. The fourth-order valence-electron chi connectivity index (χ4n) is 1.99. The average molecular weight is 307 g/mol. The smallest absolute Gasteiger partial charge is 0.0415 e. The molecule has 0 radical (unpaired) electrons. The third-order valence-corrected chi connectivity index (χ3v) is 3.90. The molecule has 3 heteroatoms. The monoisotopic (exact) mass is 306 g/mol. The van der Waals surface area contributed by atoms with Crippen molar-refractivity contribution in [3.8, 4) is 0 Å². The fourth-order valence-corrected chi connectivity index (χ4v) is 2.35. The van der Waals surface area contributed by atoms with Gasteiger partial charge in [-0.3, -0.25) is 0 Å². The Morgan fingerprint density at radius 3 is 2.89 bits per heavy atom. The van der Waals surface area contributed by atoms with Gasteiger partial charge in [-0.15, -0.1) is 0 Å². The van der Waals surface area contributed by atoms with Crippen LogP contribution in [0.3, 0.4) is 0 Å². The number of anilines is 1. The first kappa shape index (κ1) is 13.2. The van der Waals surface area contributed by atoms with Crippen molar-refractivity contribution in [3.63, 3.8) is 0 Å². The molecule has 0 unspecified atom stereocenters. The molecular formula is C15H19BrN2. The van der Waals surface area contributed by atoms with Gasteiger partial charge in [0.25, 0.3) is 0 Å². The Balaban J connectivity index is 2.00. The van der Waals surface area contributed by atoms with E-state index >= 15 is 0 Å². The molecule has 0 atom stereocenters. The number of benzene rings is 1. The van der Waals surface area contributed by atoms with Crippen LogP contribution in [-0.4, -0.2) is 4.57 Å². The molecule has 1 N–H and O–H groups in total. The number of nitrogens with zero attached hydrogens (tertiary/aromatic N) is 1. The Hall–Kier alpha value is -1.22. The lowest BCUT2D eigenvalue weighted by Gasteiger charge is -2.09. The molecule has 18 heavy (non-hydrogen) atoms. The summed E-state index contributed by atoms with van der Waals surface area (Å²) in [5.74, 6) is 0. The van der Waals surface area contributed by atoms with Crippen LogP contribution in [0.1, 0.15) is 24.5 Å². The molecule has 0 saturated heterocycles. The van der Waals surface area contributed by atoms with E-state index in [1.165, 1.54) is 23.2 Å². The summed E-state index contributed by atoms with van der Waals surface area (Å²) in [6.45, 7) is 6.28. The van der Waals surface area contributed by atoms with Gasteiger partial charge < -0.3 is 9.88 Å². The lowest BCUT2D eigenvalue weighted by molar-refractivity contribution is 0.681. The second kappa shape index (κ2) is 6.10. The molecule has 2 aromatic rings. The van der Waals surface area contributed by atoms with Crippen LogP contribution in [0.25, 0.3) is 0 Å². The van der Waals surface area contributed by atoms with Crippen molar-refractivity contribution in [2.24, 2.45) is 0 Å². The Kier molecular flexibility index (Phi) is 4.48. The number of aryl methyl sites for hydroxylation is 1. The third kappa shape index (κ3) is 3.16. The van der Waals surface area contributed by atoms with Gasteiger partial charge in [-0.25, -0.2) is 0 Å². The summed E-state index contributed by atoms with van der Waals surface area (Å²) in [4.78, 5) is 0. The highest BCUT2D eigenvalue weighted by molar-refractivity contribution is 9.10. The van der Waals surface area contributed by atoms with E-state index in [-0.39, 0.29) is 0 Å². The van der Waals surface area contributed by atoms with E-state index in [2.05, 4.69) is 76.3 Å². The minimum Gasteiger partial charge on any atom is -0.381 e. The largest absolute Gasteiger partial charge is 0.381 e. The molecule has 1 aromatic carbocycles. The van der Waals surface area contributed by atoms with Crippen LogP contribution < -0.4 is 5.32 Å². The van der Waals surface area contributed by atoms with Gasteiger partial charge in [-0.05, 0) is 42.7 Å². The van der Waals surface area contributed by atoms with E-state index in [1.807, 2.05) is 0 Å². The second-order valence-electron chi connectivity index (χ2n) is 4.52. The Morgan fingerprint density at radius 1 is 1.28 bits per heavy atom. The van der Waals surface area contributed by atoms with Crippen molar-refractivity contribution in [1.82, 2.24) is 4.57 Å². The average Bonchev–Trinajstić information content (AvgIpc) is 2.79. The van der Waals surface area contributed by atoms with Gasteiger partial charge in [-0.1, -0.05) is 28.9 Å². The van der Waals surface area contributed by atoms with E-state index in [9.17, 15) is 0 Å². The summed E-state index contributed by atoms with van der Waals surface area (Å²) in [6, 6.07) is 8.42. The Labute approximate surface area is 117 Å². The molecular weight excluding hydrogens is 288 g/mol. The van der Waals surface area contributed by atoms with Gasteiger partial charge in [0.2, 0.25) is 0 Å². The molecule has 2 rings (SSSR count). The number of nitrogens with one attached hydrogen (secondary N) is 1. The normalized spacial score (nSPS) is 10.6. The van der Waals surface area contributed by atoms with Crippen molar-refractivity contribution < 1.29 is 0 Å². The molecule has 0 saturated carbocycles. The van der Waals surface area contributed by atoms with Crippen LogP contribution in [0.2, 0.25) is 0 Å². The van der Waals surface area contributed by atoms with Crippen LogP contribution in [0.5, 0.6) is 0 Å². The van der Waals surface area contributed by atoms with Crippen LogP contribution in [0, 0.1) is 6.92 Å². The maximum Gasteiger partial charge on any atom is 0.0415 e. The van der Waals surface area contributed by atoms with Crippen molar-refractivity contribution in [3.05, 3.63) is 52.3 Å². The zero-order valence-electron chi connectivity index (χ0n) is 10.9. The summed E-state index contributed by atoms with van der Waals surface area (Å²) < 4.78 is 3.39. The molecule has 0 spiro atoms. The third-order valence-electron chi connectivity index (χ3n) is 3.04. The molecule has 1 heterocycles. The second-order valence-corrected chi connectivity index (χ2v) is 5.38. The quantitative estimate of drug-likeness (QED) is 0.855. The summed E-state index contributed by atoms with van der Waals surface area (Å²) in [6.07, 6.45) is 5.53. The minimum absolute atomic E-state index is 0.869. The molecule has 1 aromatic heterocycles. The SMILES string of the molecule is CCCn1ccc(CNc2cccc(Br)c2C)c1. The number of aromatic nitrogens is 1. The highest BCUT2D eigenvalue weighted by Gasteiger charge is 2.02. The Morgan fingerprint density at radius 2 is 2.11 bits per heavy atom. The van der Waals surface area contributed by atoms with E-state index in [4.69, 9.17) is 0 Å². The van der Waals surface area contributed by atoms with Crippen LogP contribution in [0.15, 0.2) is 41.1 Å². The summed E-state index contributed by atoms with van der Waals surface area (Å²) in [5, 5.41) is 3.48. The predicted molar refractivity (Wildman–Crippen MR) is 80.9 cm³/mol. The van der Waals surface area contributed by atoms with Gasteiger partial charge in [0, 0.05) is 35.6 Å². The molecule has 0 amide bonds. The summed E-state index contributed by atoms with van der Waals surface area (Å²) >= 11 is 3.55. The standard InChI is InChI=1S/C15H19BrN2/c1-3-8-18-9-7-13(11-18)10-17-15-6-4-5-14(16)12(15)2/h4-7,9,11,17H,3,8,10H2,1-2H3. The van der Waals surface area contributed by atoms with Gasteiger partial charge in [0.05, 0.1) is 0 Å². The molecule has 0 aliphatic carbocycles. The van der Waals surface area contributed by atoms with Gasteiger partial charge in [-0.2, -0.15) is 0 Å².